The predicted molar refractivity (Wildman–Crippen MR) is 267 cm³/mol. The minimum Gasteiger partial charge on any atom is -0.387 e. The highest BCUT2D eigenvalue weighted by Crippen LogP contribution is 2.43. The summed E-state index contributed by atoms with van der Waals surface area (Å²) < 4.78 is 23.5. The molecular formula is C53H92N2O6P+. The van der Waals surface area contributed by atoms with E-state index >= 15 is 0 Å². The second kappa shape index (κ2) is 43.4. The van der Waals surface area contributed by atoms with Crippen LogP contribution in [0.25, 0.3) is 0 Å². The molecule has 3 N–H and O–H groups in total. The number of phosphoric acid groups is 1. The molecule has 0 aromatic carbocycles. The molecule has 3 unspecified atom stereocenters. The van der Waals surface area contributed by atoms with Gasteiger partial charge in [0.15, 0.2) is 0 Å². The van der Waals surface area contributed by atoms with Gasteiger partial charge in [0.2, 0.25) is 5.91 Å². The number of allylic oxidation sites excluding steroid dienone is 17. The lowest BCUT2D eigenvalue weighted by Gasteiger charge is -2.25. The van der Waals surface area contributed by atoms with Crippen LogP contribution in [0.4, 0.5) is 0 Å². The topological polar surface area (TPSA) is 105 Å². The summed E-state index contributed by atoms with van der Waals surface area (Å²) in [6, 6.07) is -0.875. The van der Waals surface area contributed by atoms with Crippen molar-refractivity contribution in [2.24, 2.45) is 0 Å². The summed E-state index contributed by atoms with van der Waals surface area (Å²) >= 11 is 0. The lowest BCUT2D eigenvalue weighted by atomic mass is 10.0. The van der Waals surface area contributed by atoms with Crippen LogP contribution in [0, 0.1) is 0 Å². The molecule has 9 heteroatoms. The molecular weight excluding hydrogens is 792 g/mol. The molecule has 0 heterocycles. The lowest BCUT2D eigenvalue weighted by Crippen LogP contribution is -2.45. The van der Waals surface area contributed by atoms with Crippen LogP contribution in [0.1, 0.15) is 168 Å². The second-order valence-electron chi connectivity index (χ2n) is 17.1. The molecule has 8 nitrogen and oxygen atoms in total. The van der Waals surface area contributed by atoms with Crippen molar-refractivity contribution in [3.05, 3.63) is 109 Å². The first-order valence-electron chi connectivity index (χ1n) is 24.2. The first-order valence-corrected chi connectivity index (χ1v) is 25.7. The number of amides is 1. The highest BCUT2D eigenvalue weighted by Gasteiger charge is 2.27. The maximum atomic E-state index is 12.9. The number of nitrogens with zero attached hydrogens (tertiary/aromatic N) is 1. The Bertz CT molecular complexity index is 1370. The number of phosphoric ester groups is 1. The first kappa shape index (κ1) is 59.2. The van der Waals surface area contributed by atoms with Crippen LogP contribution >= 0.6 is 7.82 Å². The van der Waals surface area contributed by atoms with Gasteiger partial charge in [0.1, 0.15) is 13.2 Å². The molecule has 0 saturated heterocycles. The Morgan fingerprint density at radius 1 is 0.581 bits per heavy atom. The third kappa shape index (κ3) is 45.2. The van der Waals surface area contributed by atoms with Crippen molar-refractivity contribution in [1.82, 2.24) is 5.32 Å². The van der Waals surface area contributed by atoms with E-state index in [0.29, 0.717) is 17.4 Å². The Morgan fingerprint density at radius 3 is 1.48 bits per heavy atom. The summed E-state index contributed by atoms with van der Waals surface area (Å²) in [5, 5.41) is 13.7. The van der Waals surface area contributed by atoms with Gasteiger partial charge in [0.05, 0.1) is 39.9 Å². The SMILES string of the molecule is C/C=C/CC/C=C/CC/C=C/C(O)C(COP(=O)(O)OCC[N+](C)(C)C)NC(=O)CCCCCCCCCCCCCC/C=C\C/C=C\C/C=C\C/C=C\C/C=C\C/C=C\CC. The molecule has 0 bridgehead atoms. The summed E-state index contributed by atoms with van der Waals surface area (Å²) in [6.07, 6.45) is 63.5. The van der Waals surface area contributed by atoms with Gasteiger partial charge in [0, 0.05) is 6.42 Å². The number of hydrogen-bond acceptors (Lipinski definition) is 5. The molecule has 62 heavy (non-hydrogen) atoms. The van der Waals surface area contributed by atoms with E-state index in [1.54, 1.807) is 6.08 Å². The van der Waals surface area contributed by atoms with Crippen LogP contribution in [0.2, 0.25) is 0 Å². The summed E-state index contributed by atoms with van der Waals surface area (Å²) in [6.45, 7) is 4.41. The van der Waals surface area contributed by atoms with E-state index in [2.05, 4.69) is 103 Å². The van der Waals surface area contributed by atoms with Gasteiger partial charge < -0.3 is 19.8 Å². The number of likely N-dealkylation sites (N-methyl/N-ethyl adjacent to an activating group) is 1. The first-order chi connectivity index (χ1) is 30.0. The maximum absolute atomic E-state index is 12.9. The van der Waals surface area contributed by atoms with Crippen molar-refractivity contribution in [3.8, 4) is 0 Å². The number of carbonyl (C=O) groups is 1. The fourth-order valence-electron chi connectivity index (χ4n) is 6.26. The molecule has 0 aliphatic rings. The van der Waals surface area contributed by atoms with Gasteiger partial charge in [-0.15, -0.1) is 0 Å². The Morgan fingerprint density at radius 2 is 1.00 bits per heavy atom. The molecule has 0 aromatic heterocycles. The van der Waals surface area contributed by atoms with Crippen molar-refractivity contribution in [1.29, 1.82) is 0 Å². The van der Waals surface area contributed by atoms with Crippen LogP contribution in [0.15, 0.2) is 109 Å². The van der Waals surface area contributed by atoms with E-state index in [4.69, 9.17) is 9.05 Å². The largest absolute Gasteiger partial charge is 0.472 e. The molecule has 0 spiro atoms. The van der Waals surface area contributed by atoms with Gasteiger partial charge in [-0.2, -0.15) is 0 Å². The van der Waals surface area contributed by atoms with E-state index in [0.717, 1.165) is 83.5 Å². The average Bonchev–Trinajstić information content (AvgIpc) is 3.23. The molecule has 0 aliphatic heterocycles. The smallest absolute Gasteiger partial charge is 0.387 e. The number of aliphatic hydroxyl groups is 1. The number of nitrogens with one attached hydrogen (secondary N) is 1. The summed E-state index contributed by atoms with van der Waals surface area (Å²) in [7, 11) is 1.52. The van der Waals surface area contributed by atoms with E-state index < -0.39 is 20.0 Å². The molecule has 354 valence electrons. The van der Waals surface area contributed by atoms with E-state index in [9.17, 15) is 19.4 Å². The maximum Gasteiger partial charge on any atom is 0.472 e. The highest BCUT2D eigenvalue weighted by atomic mass is 31.2. The van der Waals surface area contributed by atoms with E-state index in [-0.39, 0.29) is 19.1 Å². The standard InChI is InChI=1S/C53H91N2O6P/c1-6-8-10-12-14-16-17-18-19-20-21-22-23-24-25-26-27-28-29-30-31-32-33-34-35-36-37-39-41-43-45-47-53(57)54-51(50-61-62(58,59)60-49-48-55(3,4)5)52(56)46-44-42-40-38-15-13-11-9-7-2/h7-10,14-16,18-19,21-22,24-25,27-28,38,44,46,51-52,56H,6,11-13,17,20,23,26,29-37,39-43,45,47-50H2,1-5H3,(H-,54,57,58,59)/p+1/b9-7+,10-8-,16-14-,19-18-,22-21-,25-24-,28-27-,38-15+,46-44+. The van der Waals surface area contributed by atoms with Gasteiger partial charge in [-0.3, -0.25) is 13.8 Å². The quantitative estimate of drug-likeness (QED) is 0.0244. The number of unbranched alkanes of at least 4 members (excludes halogenated alkanes) is 14. The minimum atomic E-state index is -4.35. The van der Waals surface area contributed by atoms with Gasteiger partial charge in [-0.1, -0.05) is 181 Å². The predicted octanol–water partition coefficient (Wildman–Crippen LogP) is 14.1. The zero-order valence-corrected chi connectivity index (χ0v) is 41.0. The monoisotopic (exact) mass is 884 g/mol. The van der Waals surface area contributed by atoms with Crippen molar-refractivity contribution in [3.63, 3.8) is 0 Å². The van der Waals surface area contributed by atoms with E-state index in [1.807, 2.05) is 40.2 Å². The number of hydrogen-bond donors (Lipinski definition) is 3. The van der Waals surface area contributed by atoms with Crippen LogP contribution in [-0.4, -0.2) is 73.4 Å². The Labute approximate surface area is 381 Å². The molecule has 0 aromatic rings. The zero-order valence-electron chi connectivity index (χ0n) is 40.1. The normalized spacial score (nSPS) is 15.1. The number of aliphatic hydroxyl groups excluding tert-OH is 1. The number of rotatable bonds is 42. The van der Waals surface area contributed by atoms with Crippen molar-refractivity contribution in [2.75, 3.05) is 40.9 Å². The fourth-order valence-corrected chi connectivity index (χ4v) is 6.99. The Hall–Kier alpha value is -2.84. The number of quaternary nitrogens is 1. The molecule has 0 radical (unpaired) electrons. The van der Waals surface area contributed by atoms with Crippen LogP contribution in [0.3, 0.4) is 0 Å². The third-order valence-electron chi connectivity index (χ3n) is 10.0. The lowest BCUT2D eigenvalue weighted by molar-refractivity contribution is -0.870. The molecule has 0 rings (SSSR count). The minimum absolute atomic E-state index is 0.0475. The summed E-state index contributed by atoms with van der Waals surface area (Å²) in [5.41, 5.74) is 0. The molecule has 3 atom stereocenters. The zero-order chi connectivity index (χ0) is 45.7. The molecule has 0 aliphatic carbocycles. The van der Waals surface area contributed by atoms with Crippen molar-refractivity contribution in [2.45, 2.75) is 180 Å². The van der Waals surface area contributed by atoms with E-state index in [1.165, 1.54) is 64.2 Å². The van der Waals surface area contributed by atoms with Gasteiger partial charge in [0.25, 0.3) is 0 Å². The van der Waals surface area contributed by atoms with Crippen LogP contribution in [0.5, 0.6) is 0 Å². The molecule has 0 saturated carbocycles. The Kier molecular flexibility index (Phi) is 41.4. The van der Waals surface area contributed by atoms with Crippen molar-refractivity contribution >= 4 is 13.7 Å². The van der Waals surface area contributed by atoms with Gasteiger partial charge in [-0.25, -0.2) is 4.57 Å². The van der Waals surface area contributed by atoms with Crippen LogP contribution < -0.4 is 5.32 Å². The van der Waals surface area contributed by atoms with Gasteiger partial charge >= 0.3 is 7.82 Å². The fraction of sp³-hybridized carbons (Fsp3) is 0.642. The summed E-state index contributed by atoms with van der Waals surface area (Å²) in [4.78, 5) is 23.1. The average molecular weight is 884 g/mol. The Balaban J connectivity index is 4.12. The summed E-state index contributed by atoms with van der Waals surface area (Å²) in [5.74, 6) is -0.203. The second-order valence-corrected chi connectivity index (χ2v) is 18.5. The molecule has 0 fully saturated rings. The van der Waals surface area contributed by atoms with Crippen molar-refractivity contribution < 1.29 is 32.9 Å². The van der Waals surface area contributed by atoms with Gasteiger partial charge in [-0.05, 0) is 90.4 Å². The number of carbonyl (C=O) groups excluding carboxylic acids is 1. The van der Waals surface area contributed by atoms with Crippen LogP contribution in [-0.2, 0) is 18.4 Å². The third-order valence-corrected chi connectivity index (χ3v) is 11.0. The molecule has 1 amide bonds. The highest BCUT2D eigenvalue weighted by molar-refractivity contribution is 7.47.